The first kappa shape index (κ1) is 17.0. The van der Waals surface area contributed by atoms with Crippen molar-refractivity contribution in [2.45, 2.75) is 40.3 Å². The van der Waals surface area contributed by atoms with Crippen LogP contribution in [-0.4, -0.2) is 44.8 Å². The molecular weight excluding hydrogens is 326 g/mol. The number of piperidine rings is 1. The number of quaternary nitrogens is 1. The molecule has 2 aromatic heterocycles. The van der Waals surface area contributed by atoms with E-state index in [-0.39, 0.29) is 11.9 Å². The predicted octanol–water partition coefficient (Wildman–Crippen LogP) is 0.693. The van der Waals surface area contributed by atoms with Crippen LogP contribution in [0.4, 0.5) is 0 Å². The molecule has 0 bridgehead atoms. The lowest BCUT2D eigenvalue weighted by Gasteiger charge is -2.28. The van der Waals surface area contributed by atoms with Crippen LogP contribution in [0.25, 0.3) is 5.78 Å². The van der Waals surface area contributed by atoms with Gasteiger partial charge in [-0.05, 0) is 51.9 Å². The largest absolute Gasteiger partial charge is 0.466 e. The molecule has 24 heavy (non-hydrogen) atoms. The lowest BCUT2D eigenvalue weighted by Crippen LogP contribution is -3.13. The Bertz CT molecular complexity index is 813. The van der Waals surface area contributed by atoms with Gasteiger partial charge in [-0.3, -0.25) is 4.79 Å². The summed E-state index contributed by atoms with van der Waals surface area (Å²) >= 11 is 5.43. The van der Waals surface area contributed by atoms with Crippen LogP contribution in [-0.2, 0) is 16.2 Å². The minimum absolute atomic E-state index is 0.0245. The molecular formula is C16H24N5O2S+. The maximum absolute atomic E-state index is 12.0. The SMILES string of the molecule is CCOC(=O)[C@H]1CCC[NH+](Cn2c(=S)nc3nc(C)cc(C)n32)C1. The summed E-state index contributed by atoms with van der Waals surface area (Å²) in [6.45, 7) is 8.74. The van der Waals surface area contributed by atoms with Gasteiger partial charge in [-0.25, -0.2) is 14.2 Å². The first-order valence-electron chi connectivity index (χ1n) is 8.43. The minimum Gasteiger partial charge on any atom is -0.466 e. The number of carbonyl (C=O) groups is 1. The summed E-state index contributed by atoms with van der Waals surface area (Å²) in [6, 6.07) is 2.02. The molecule has 2 atom stereocenters. The smallest absolute Gasteiger partial charge is 0.314 e. The molecule has 3 rings (SSSR count). The molecule has 0 saturated carbocycles. The van der Waals surface area contributed by atoms with Crippen molar-refractivity contribution >= 4 is 24.0 Å². The van der Waals surface area contributed by atoms with Gasteiger partial charge in [-0.1, -0.05) is 0 Å². The van der Waals surface area contributed by atoms with Gasteiger partial charge in [0.25, 0.3) is 5.78 Å². The van der Waals surface area contributed by atoms with E-state index in [1.165, 1.54) is 4.90 Å². The Labute approximate surface area is 146 Å². The summed E-state index contributed by atoms with van der Waals surface area (Å²) in [5.41, 5.74) is 1.99. The predicted molar refractivity (Wildman–Crippen MR) is 91.3 cm³/mol. The first-order valence-corrected chi connectivity index (χ1v) is 8.84. The third kappa shape index (κ3) is 3.34. The molecule has 0 aliphatic carbocycles. The highest BCUT2D eigenvalue weighted by atomic mass is 32.1. The number of rotatable bonds is 4. The zero-order chi connectivity index (χ0) is 17.3. The molecule has 0 spiro atoms. The summed E-state index contributed by atoms with van der Waals surface area (Å²) in [6.07, 6.45) is 1.92. The van der Waals surface area contributed by atoms with Gasteiger partial charge in [0.05, 0.1) is 19.7 Å². The molecule has 1 aliphatic rings. The van der Waals surface area contributed by atoms with E-state index in [1.807, 2.05) is 36.0 Å². The lowest BCUT2D eigenvalue weighted by molar-refractivity contribution is -0.930. The lowest BCUT2D eigenvalue weighted by atomic mass is 9.99. The van der Waals surface area contributed by atoms with Crippen molar-refractivity contribution in [2.24, 2.45) is 5.92 Å². The van der Waals surface area contributed by atoms with Crippen LogP contribution in [0.15, 0.2) is 6.07 Å². The number of aromatic nitrogens is 4. The maximum atomic E-state index is 12.0. The second-order valence-corrected chi connectivity index (χ2v) is 6.76. The second kappa shape index (κ2) is 6.98. The van der Waals surface area contributed by atoms with Crippen LogP contribution >= 0.6 is 12.2 Å². The fourth-order valence-corrected chi connectivity index (χ4v) is 3.69. The van der Waals surface area contributed by atoms with E-state index in [2.05, 4.69) is 9.97 Å². The maximum Gasteiger partial charge on any atom is 0.314 e. The number of fused-ring (bicyclic) bond motifs is 1. The number of esters is 1. The molecule has 3 heterocycles. The van der Waals surface area contributed by atoms with Crippen LogP contribution in [0.3, 0.4) is 0 Å². The zero-order valence-corrected chi connectivity index (χ0v) is 15.2. The Balaban J connectivity index is 1.83. The molecule has 1 unspecified atom stereocenters. The third-order valence-corrected chi connectivity index (χ3v) is 4.79. The van der Waals surface area contributed by atoms with Gasteiger partial charge in [-0.15, -0.1) is 0 Å². The topological polar surface area (TPSA) is 65.9 Å². The van der Waals surface area contributed by atoms with Crippen molar-refractivity contribution in [3.05, 3.63) is 22.2 Å². The Morgan fingerprint density at radius 3 is 3.00 bits per heavy atom. The van der Waals surface area contributed by atoms with E-state index in [4.69, 9.17) is 17.0 Å². The van der Waals surface area contributed by atoms with E-state index >= 15 is 0 Å². The van der Waals surface area contributed by atoms with Crippen molar-refractivity contribution in [3.8, 4) is 0 Å². The van der Waals surface area contributed by atoms with E-state index in [1.54, 1.807) is 0 Å². The zero-order valence-electron chi connectivity index (χ0n) is 14.4. The molecule has 1 aliphatic heterocycles. The highest BCUT2D eigenvalue weighted by Crippen LogP contribution is 2.10. The van der Waals surface area contributed by atoms with Crippen LogP contribution < -0.4 is 4.90 Å². The van der Waals surface area contributed by atoms with E-state index in [9.17, 15) is 4.79 Å². The highest BCUT2D eigenvalue weighted by molar-refractivity contribution is 7.71. The number of nitrogens with one attached hydrogen (secondary N) is 1. The fourth-order valence-electron chi connectivity index (χ4n) is 3.46. The summed E-state index contributed by atoms with van der Waals surface area (Å²) in [5.74, 6) is 0.532. The Morgan fingerprint density at radius 1 is 1.46 bits per heavy atom. The molecule has 1 N–H and O–H groups in total. The van der Waals surface area contributed by atoms with Crippen LogP contribution in [0.1, 0.15) is 31.2 Å². The average Bonchev–Trinajstić information content (AvgIpc) is 2.83. The first-order chi connectivity index (χ1) is 11.5. The van der Waals surface area contributed by atoms with Crippen molar-refractivity contribution < 1.29 is 14.4 Å². The average molecular weight is 350 g/mol. The van der Waals surface area contributed by atoms with Gasteiger partial charge < -0.3 is 9.64 Å². The van der Waals surface area contributed by atoms with Crippen LogP contribution in [0.2, 0.25) is 0 Å². The molecule has 0 amide bonds. The fraction of sp³-hybridized carbons (Fsp3) is 0.625. The number of nitrogens with zero attached hydrogens (tertiary/aromatic N) is 4. The molecule has 1 fully saturated rings. The number of likely N-dealkylation sites (tertiary alicyclic amines) is 1. The molecule has 2 aromatic rings. The van der Waals surface area contributed by atoms with Crippen molar-refractivity contribution in [3.63, 3.8) is 0 Å². The highest BCUT2D eigenvalue weighted by Gasteiger charge is 2.30. The van der Waals surface area contributed by atoms with Crippen LogP contribution in [0, 0.1) is 24.5 Å². The van der Waals surface area contributed by atoms with Gasteiger partial charge in [0.2, 0.25) is 4.77 Å². The second-order valence-electron chi connectivity index (χ2n) is 6.40. The summed E-state index contributed by atoms with van der Waals surface area (Å²) in [5, 5.41) is 0. The number of ether oxygens (including phenoxy) is 1. The summed E-state index contributed by atoms with van der Waals surface area (Å²) in [4.78, 5) is 22.2. The Kier molecular flexibility index (Phi) is 4.96. The van der Waals surface area contributed by atoms with Gasteiger partial charge >= 0.3 is 5.97 Å². The van der Waals surface area contributed by atoms with E-state index < -0.39 is 0 Å². The van der Waals surface area contributed by atoms with Gasteiger partial charge in [0.15, 0.2) is 6.67 Å². The quantitative estimate of drug-likeness (QED) is 0.649. The number of aryl methyl sites for hydroxylation is 2. The number of hydrogen-bond donors (Lipinski definition) is 1. The summed E-state index contributed by atoms with van der Waals surface area (Å²) in [7, 11) is 0. The molecule has 0 radical (unpaired) electrons. The third-order valence-electron chi connectivity index (χ3n) is 4.49. The Hall–Kier alpha value is -1.80. The van der Waals surface area contributed by atoms with E-state index in [0.29, 0.717) is 23.8 Å². The van der Waals surface area contributed by atoms with Crippen LogP contribution in [0.5, 0.6) is 0 Å². The monoisotopic (exact) mass is 350 g/mol. The van der Waals surface area contributed by atoms with Crippen molar-refractivity contribution in [1.29, 1.82) is 0 Å². The van der Waals surface area contributed by atoms with Gasteiger partial charge in [-0.2, -0.15) is 4.98 Å². The normalized spacial score (nSPS) is 21.1. The van der Waals surface area contributed by atoms with E-state index in [0.717, 1.165) is 37.3 Å². The van der Waals surface area contributed by atoms with Crippen molar-refractivity contribution in [1.82, 2.24) is 19.2 Å². The molecule has 1 saturated heterocycles. The van der Waals surface area contributed by atoms with Gasteiger partial charge in [0, 0.05) is 11.4 Å². The molecule has 130 valence electrons. The number of carbonyl (C=O) groups excluding carboxylic acids is 1. The number of hydrogen-bond acceptors (Lipinski definition) is 5. The standard InChI is InChI=1S/C16H23N5O2S/c1-4-23-14(22)13-6-5-7-19(9-13)10-20-16(24)18-15-17-11(2)8-12(3)21(15)20/h8,13H,4-7,9-10H2,1-3H3/p+1/t13-/m0/s1. The van der Waals surface area contributed by atoms with Crippen molar-refractivity contribution in [2.75, 3.05) is 19.7 Å². The molecule has 0 aromatic carbocycles. The van der Waals surface area contributed by atoms with Gasteiger partial charge in [0.1, 0.15) is 5.92 Å². The minimum atomic E-state index is -0.0788. The molecule has 8 heteroatoms. The Morgan fingerprint density at radius 2 is 2.25 bits per heavy atom. The summed E-state index contributed by atoms with van der Waals surface area (Å²) < 4.78 is 9.66. The molecule has 7 nitrogen and oxygen atoms in total.